The zero-order chi connectivity index (χ0) is 21.5. The number of benzene rings is 2. The van der Waals surface area contributed by atoms with E-state index in [-0.39, 0.29) is 11.9 Å². The Morgan fingerprint density at radius 1 is 1.06 bits per heavy atom. The number of para-hydroxylation sites is 1. The third-order valence-electron chi connectivity index (χ3n) is 6.06. The minimum atomic E-state index is 0.0796. The van der Waals surface area contributed by atoms with Crippen molar-refractivity contribution in [3.63, 3.8) is 0 Å². The van der Waals surface area contributed by atoms with Gasteiger partial charge in [0.15, 0.2) is 5.17 Å². The molecule has 1 aliphatic carbocycles. The molecule has 3 aliphatic rings. The summed E-state index contributed by atoms with van der Waals surface area (Å²) in [6.07, 6.45) is 5.63. The second kappa shape index (κ2) is 8.57. The van der Waals surface area contributed by atoms with Crippen molar-refractivity contribution in [1.29, 1.82) is 0 Å². The van der Waals surface area contributed by atoms with Crippen LogP contribution in [0, 0.1) is 6.92 Å². The molecule has 2 heterocycles. The number of aliphatic imine (C=N–C) groups is 1. The maximum atomic E-state index is 13.7. The van der Waals surface area contributed by atoms with Gasteiger partial charge in [0.05, 0.1) is 16.4 Å². The lowest BCUT2D eigenvalue weighted by atomic mass is 9.94. The maximum absolute atomic E-state index is 13.7. The van der Waals surface area contributed by atoms with Crippen LogP contribution in [0.2, 0.25) is 5.02 Å². The van der Waals surface area contributed by atoms with Crippen LogP contribution in [-0.2, 0) is 4.79 Å². The summed E-state index contributed by atoms with van der Waals surface area (Å²) in [5.74, 6) is 0.0796. The summed E-state index contributed by atoms with van der Waals surface area (Å²) in [6.45, 7) is 1.98. The molecular formula is C24H24ClN3OS2. The fraction of sp³-hybridized carbons (Fsp3) is 0.333. The van der Waals surface area contributed by atoms with Gasteiger partial charge in [-0.15, -0.1) is 0 Å². The number of fused-ring (bicyclic) bond motifs is 1. The van der Waals surface area contributed by atoms with Gasteiger partial charge < -0.3 is 4.90 Å². The molecule has 0 bridgehead atoms. The SMILES string of the molecule is Cc1ccc(N=C2S/C(=C3\Sc4ccccc4N3C)C(=O)N2C2CCCCC2)cc1Cl. The Kier molecular flexibility index (Phi) is 5.80. The fourth-order valence-corrected chi connectivity index (χ4v) is 6.89. The molecule has 160 valence electrons. The first-order valence-electron chi connectivity index (χ1n) is 10.6. The lowest BCUT2D eigenvalue weighted by molar-refractivity contribution is -0.124. The number of halogens is 1. The summed E-state index contributed by atoms with van der Waals surface area (Å²) in [4.78, 5) is 24.6. The lowest BCUT2D eigenvalue weighted by Crippen LogP contribution is -2.40. The minimum absolute atomic E-state index is 0.0796. The first-order valence-corrected chi connectivity index (χ1v) is 12.6. The van der Waals surface area contributed by atoms with Gasteiger partial charge >= 0.3 is 0 Å². The molecule has 1 saturated carbocycles. The number of rotatable bonds is 2. The molecule has 1 amide bonds. The average molecular weight is 470 g/mol. The first kappa shape index (κ1) is 21.0. The highest BCUT2D eigenvalue weighted by Crippen LogP contribution is 2.50. The van der Waals surface area contributed by atoms with Crippen LogP contribution < -0.4 is 4.90 Å². The normalized spacial score (nSPS) is 23.2. The molecule has 2 aliphatic heterocycles. The molecular weight excluding hydrogens is 446 g/mol. The minimum Gasteiger partial charge on any atom is -0.337 e. The van der Waals surface area contributed by atoms with Crippen LogP contribution in [-0.4, -0.2) is 29.1 Å². The quantitative estimate of drug-likeness (QED) is 0.445. The van der Waals surface area contributed by atoms with E-state index in [0.29, 0.717) is 5.02 Å². The van der Waals surface area contributed by atoms with Crippen LogP contribution in [0.15, 0.2) is 62.3 Å². The Morgan fingerprint density at radius 2 is 1.84 bits per heavy atom. The summed E-state index contributed by atoms with van der Waals surface area (Å²) < 4.78 is 0. The largest absolute Gasteiger partial charge is 0.337 e. The molecule has 0 atom stereocenters. The standard InChI is InChI=1S/C24H24ClN3OS2/c1-15-12-13-16(14-18(15)25)26-24-28(17-8-4-3-5-9-17)22(29)21(31-24)23-27(2)19-10-6-7-11-20(19)30-23/h6-7,10-14,17H,3-5,8-9H2,1-2H3/b23-21-,26-24?. The third kappa shape index (κ3) is 3.90. The number of anilines is 1. The molecule has 2 fully saturated rings. The summed E-state index contributed by atoms with van der Waals surface area (Å²) in [6, 6.07) is 14.3. The predicted molar refractivity (Wildman–Crippen MR) is 132 cm³/mol. The van der Waals surface area contributed by atoms with Gasteiger partial charge in [-0.05, 0) is 61.4 Å². The van der Waals surface area contributed by atoms with Crippen LogP contribution in [0.25, 0.3) is 0 Å². The molecule has 1 saturated heterocycles. The number of thioether (sulfide) groups is 2. The van der Waals surface area contributed by atoms with E-state index in [9.17, 15) is 4.79 Å². The molecule has 2 aromatic rings. The number of carbonyl (C=O) groups is 1. The Morgan fingerprint density at radius 3 is 2.58 bits per heavy atom. The molecule has 0 radical (unpaired) electrons. The fourth-order valence-electron chi connectivity index (χ4n) is 4.32. The second-order valence-corrected chi connectivity index (χ2v) is 10.6. The van der Waals surface area contributed by atoms with E-state index >= 15 is 0 Å². The summed E-state index contributed by atoms with van der Waals surface area (Å²) in [5.41, 5.74) is 2.95. The first-order chi connectivity index (χ1) is 15.0. The van der Waals surface area contributed by atoms with Gasteiger partial charge in [0.25, 0.3) is 5.91 Å². The summed E-state index contributed by atoms with van der Waals surface area (Å²) in [7, 11) is 2.04. The molecule has 0 N–H and O–H groups in total. The number of carbonyl (C=O) groups excluding carboxylic acids is 1. The molecule has 0 spiro atoms. The predicted octanol–water partition coefficient (Wildman–Crippen LogP) is 6.96. The van der Waals surface area contributed by atoms with Gasteiger partial charge in [0.2, 0.25) is 0 Å². The van der Waals surface area contributed by atoms with Crippen molar-refractivity contribution in [3.8, 4) is 0 Å². The Hall–Kier alpha value is -1.89. The number of amidine groups is 1. The zero-order valence-corrected chi connectivity index (χ0v) is 20.0. The topological polar surface area (TPSA) is 35.9 Å². The Labute approximate surface area is 196 Å². The number of nitrogens with zero attached hydrogens (tertiary/aromatic N) is 3. The van der Waals surface area contributed by atoms with Gasteiger partial charge in [-0.3, -0.25) is 9.69 Å². The lowest BCUT2D eigenvalue weighted by Gasteiger charge is -2.30. The molecule has 31 heavy (non-hydrogen) atoms. The summed E-state index contributed by atoms with van der Waals surface area (Å²) >= 11 is 9.51. The highest BCUT2D eigenvalue weighted by Gasteiger charge is 2.42. The Balaban J connectivity index is 1.56. The molecule has 7 heteroatoms. The van der Waals surface area contributed by atoms with Crippen LogP contribution >= 0.6 is 35.1 Å². The van der Waals surface area contributed by atoms with Gasteiger partial charge in [-0.1, -0.05) is 60.8 Å². The van der Waals surface area contributed by atoms with Crippen LogP contribution in [0.5, 0.6) is 0 Å². The van der Waals surface area contributed by atoms with Crippen molar-refractivity contribution in [3.05, 3.63) is 63.0 Å². The van der Waals surface area contributed by atoms with Crippen molar-refractivity contribution in [2.45, 2.75) is 50.0 Å². The molecule has 0 unspecified atom stereocenters. The van der Waals surface area contributed by atoms with E-state index < -0.39 is 0 Å². The number of aryl methyl sites for hydroxylation is 1. The third-order valence-corrected chi connectivity index (χ3v) is 8.88. The van der Waals surface area contributed by atoms with Crippen molar-refractivity contribution in [1.82, 2.24) is 4.90 Å². The number of hydrogen-bond acceptors (Lipinski definition) is 5. The van der Waals surface area contributed by atoms with E-state index in [2.05, 4.69) is 17.0 Å². The highest BCUT2D eigenvalue weighted by atomic mass is 35.5. The van der Waals surface area contributed by atoms with E-state index in [1.165, 1.54) is 23.1 Å². The second-order valence-electron chi connectivity index (χ2n) is 8.16. The Bertz CT molecular complexity index is 1110. The molecule has 4 nitrogen and oxygen atoms in total. The molecule has 2 aromatic carbocycles. The molecule has 5 rings (SSSR count). The van der Waals surface area contributed by atoms with E-state index in [1.807, 2.05) is 49.2 Å². The van der Waals surface area contributed by atoms with Gasteiger partial charge in [0, 0.05) is 23.0 Å². The maximum Gasteiger partial charge on any atom is 0.269 e. The number of hydrogen-bond donors (Lipinski definition) is 0. The van der Waals surface area contributed by atoms with E-state index in [4.69, 9.17) is 16.6 Å². The van der Waals surface area contributed by atoms with E-state index in [0.717, 1.165) is 57.7 Å². The van der Waals surface area contributed by atoms with E-state index in [1.54, 1.807) is 11.8 Å². The van der Waals surface area contributed by atoms with Crippen molar-refractivity contribution in [2.75, 3.05) is 11.9 Å². The van der Waals surface area contributed by atoms with Gasteiger partial charge in [-0.2, -0.15) is 0 Å². The smallest absolute Gasteiger partial charge is 0.269 e. The summed E-state index contributed by atoms with van der Waals surface area (Å²) in [5, 5.41) is 2.45. The zero-order valence-electron chi connectivity index (χ0n) is 17.6. The van der Waals surface area contributed by atoms with Crippen LogP contribution in [0.3, 0.4) is 0 Å². The van der Waals surface area contributed by atoms with Crippen LogP contribution in [0.1, 0.15) is 37.7 Å². The molecule has 0 aromatic heterocycles. The van der Waals surface area contributed by atoms with Gasteiger partial charge in [0.1, 0.15) is 4.91 Å². The highest BCUT2D eigenvalue weighted by molar-refractivity contribution is 8.19. The number of amides is 1. The van der Waals surface area contributed by atoms with Crippen LogP contribution in [0.4, 0.5) is 11.4 Å². The van der Waals surface area contributed by atoms with Crippen molar-refractivity contribution < 1.29 is 4.79 Å². The van der Waals surface area contributed by atoms with Crippen molar-refractivity contribution in [2.24, 2.45) is 4.99 Å². The van der Waals surface area contributed by atoms with Gasteiger partial charge in [-0.25, -0.2) is 4.99 Å². The van der Waals surface area contributed by atoms with Crippen molar-refractivity contribution >= 4 is 57.6 Å². The monoisotopic (exact) mass is 469 g/mol. The average Bonchev–Trinajstić information content (AvgIpc) is 3.28.